The van der Waals surface area contributed by atoms with Crippen molar-refractivity contribution in [2.24, 2.45) is 5.73 Å². The lowest BCUT2D eigenvalue weighted by molar-refractivity contribution is 0.0697. The van der Waals surface area contributed by atoms with E-state index in [0.717, 1.165) is 30.7 Å². The zero-order valence-electron chi connectivity index (χ0n) is 16.8. The van der Waals surface area contributed by atoms with Crippen LogP contribution in [-0.4, -0.2) is 47.7 Å². The van der Waals surface area contributed by atoms with Crippen molar-refractivity contribution >= 4 is 29.3 Å². The first kappa shape index (κ1) is 20.7. The second-order valence-corrected chi connectivity index (χ2v) is 8.65. The lowest BCUT2D eigenvalue weighted by Crippen LogP contribution is -2.46. The van der Waals surface area contributed by atoms with Gasteiger partial charge in [0.2, 0.25) is 0 Å². The number of urea groups is 1. The summed E-state index contributed by atoms with van der Waals surface area (Å²) in [7, 11) is 0. The summed E-state index contributed by atoms with van der Waals surface area (Å²) < 4.78 is 0. The molecular weight excluding hydrogens is 402 g/mol. The molecule has 1 heterocycles. The average molecular weight is 428 g/mol. The Balaban J connectivity index is 1.46. The number of anilines is 1. The topological polar surface area (TPSA) is 86.9 Å². The largest absolute Gasteiger partial charge is 0.478 e. The van der Waals surface area contributed by atoms with Gasteiger partial charge in [-0.05, 0) is 61.6 Å². The molecule has 0 atom stereocenters. The van der Waals surface area contributed by atoms with E-state index in [2.05, 4.69) is 6.07 Å². The molecule has 1 aliphatic heterocycles. The van der Waals surface area contributed by atoms with Gasteiger partial charge in [-0.1, -0.05) is 29.8 Å². The number of nitrogens with two attached hydrogens (primary N) is 1. The van der Waals surface area contributed by atoms with Crippen LogP contribution in [0, 0.1) is 0 Å². The van der Waals surface area contributed by atoms with E-state index in [4.69, 9.17) is 17.3 Å². The molecule has 4 rings (SSSR count). The third-order valence-electron chi connectivity index (χ3n) is 6.63. The fraction of sp³-hybridized carbons (Fsp3) is 0.391. The molecule has 3 N–H and O–H groups in total. The van der Waals surface area contributed by atoms with E-state index in [0.29, 0.717) is 25.3 Å². The number of carbonyl (C=O) groups excluding carboxylic acids is 1. The Morgan fingerprint density at radius 2 is 1.87 bits per heavy atom. The van der Waals surface area contributed by atoms with Gasteiger partial charge >= 0.3 is 12.0 Å². The number of halogens is 1. The molecule has 0 radical (unpaired) electrons. The second-order valence-electron chi connectivity index (χ2n) is 8.21. The van der Waals surface area contributed by atoms with Gasteiger partial charge in [0.15, 0.2) is 0 Å². The van der Waals surface area contributed by atoms with Crippen LogP contribution in [0.3, 0.4) is 0 Å². The lowest BCUT2D eigenvalue weighted by Gasteiger charge is -2.42. The SMILES string of the molecule is NCC1(c2cccc(Cl)c2)CCC(N2CCN(c3cccc(C(=O)O)c3)C2=O)CC1. The molecule has 2 aliphatic rings. The Labute approximate surface area is 181 Å². The summed E-state index contributed by atoms with van der Waals surface area (Å²) in [6.07, 6.45) is 3.59. The van der Waals surface area contributed by atoms with Gasteiger partial charge in [0.1, 0.15) is 0 Å². The molecule has 0 aromatic heterocycles. The molecule has 1 saturated heterocycles. The fourth-order valence-corrected chi connectivity index (χ4v) is 5.03. The van der Waals surface area contributed by atoms with Crippen LogP contribution < -0.4 is 10.6 Å². The molecule has 1 aliphatic carbocycles. The van der Waals surface area contributed by atoms with Gasteiger partial charge in [0.25, 0.3) is 0 Å². The lowest BCUT2D eigenvalue weighted by atomic mass is 9.68. The first-order valence-corrected chi connectivity index (χ1v) is 10.7. The van der Waals surface area contributed by atoms with E-state index < -0.39 is 5.97 Å². The highest BCUT2D eigenvalue weighted by atomic mass is 35.5. The highest BCUT2D eigenvalue weighted by Crippen LogP contribution is 2.41. The standard InChI is InChI=1S/C23H26ClN3O3/c24-18-5-2-4-17(14-18)23(15-25)9-7-19(8-10-23)26-11-12-27(22(26)30)20-6-1-3-16(13-20)21(28)29/h1-6,13-14,19H,7-12,15,25H2,(H,28,29). The van der Waals surface area contributed by atoms with Crippen LogP contribution in [0.4, 0.5) is 10.5 Å². The summed E-state index contributed by atoms with van der Waals surface area (Å²) in [4.78, 5) is 28.0. The number of nitrogens with zero attached hydrogens (tertiary/aromatic N) is 2. The van der Waals surface area contributed by atoms with Gasteiger partial charge in [0, 0.05) is 41.8 Å². The highest BCUT2D eigenvalue weighted by molar-refractivity contribution is 6.30. The Kier molecular flexibility index (Phi) is 5.71. The Morgan fingerprint density at radius 1 is 1.13 bits per heavy atom. The number of carbonyl (C=O) groups is 2. The molecule has 6 nitrogen and oxygen atoms in total. The summed E-state index contributed by atoms with van der Waals surface area (Å²) in [5, 5.41) is 9.94. The maximum absolute atomic E-state index is 13.1. The van der Waals surface area contributed by atoms with Crippen LogP contribution in [0.15, 0.2) is 48.5 Å². The molecule has 158 valence electrons. The van der Waals surface area contributed by atoms with E-state index in [1.54, 1.807) is 23.1 Å². The van der Waals surface area contributed by atoms with E-state index in [9.17, 15) is 14.7 Å². The molecule has 2 amide bonds. The highest BCUT2D eigenvalue weighted by Gasteiger charge is 2.41. The van der Waals surface area contributed by atoms with Gasteiger partial charge in [-0.2, -0.15) is 0 Å². The van der Waals surface area contributed by atoms with Crippen molar-refractivity contribution in [2.75, 3.05) is 24.5 Å². The zero-order valence-corrected chi connectivity index (χ0v) is 17.5. The van der Waals surface area contributed by atoms with Crippen molar-refractivity contribution in [3.8, 4) is 0 Å². The summed E-state index contributed by atoms with van der Waals surface area (Å²) >= 11 is 6.20. The predicted octanol–water partition coefficient (Wildman–Crippen LogP) is 4.12. The Hall–Kier alpha value is -2.57. The number of hydrogen-bond acceptors (Lipinski definition) is 3. The van der Waals surface area contributed by atoms with Crippen molar-refractivity contribution < 1.29 is 14.7 Å². The van der Waals surface area contributed by atoms with Gasteiger partial charge in [-0.15, -0.1) is 0 Å². The third kappa shape index (κ3) is 3.77. The van der Waals surface area contributed by atoms with Crippen molar-refractivity contribution in [1.29, 1.82) is 0 Å². The van der Waals surface area contributed by atoms with Crippen LogP contribution in [-0.2, 0) is 5.41 Å². The molecule has 0 bridgehead atoms. The maximum atomic E-state index is 13.1. The molecule has 0 spiro atoms. The maximum Gasteiger partial charge on any atom is 0.335 e. The van der Waals surface area contributed by atoms with Gasteiger partial charge in [-0.3, -0.25) is 4.90 Å². The smallest absolute Gasteiger partial charge is 0.335 e. The average Bonchev–Trinajstić information content (AvgIpc) is 3.15. The molecule has 7 heteroatoms. The molecule has 0 unspecified atom stereocenters. The normalized spacial score (nSPS) is 24.3. The van der Waals surface area contributed by atoms with Crippen molar-refractivity contribution in [3.05, 3.63) is 64.7 Å². The molecule has 30 heavy (non-hydrogen) atoms. The van der Waals surface area contributed by atoms with Crippen molar-refractivity contribution in [1.82, 2.24) is 4.90 Å². The second kappa shape index (κ2) is 8.28. The minimum absolute atomic E-state index is 0.0504. The number of aromatic carboxylic acids is 1. The molecule has 1 saturated carbocycles. The van der Waals surface area contributed by atoms with Gasteiger partial charge < -0.3 is 15.7 Å². The summed E-state index contributed by atoms with van der Waals surface area (Å²) in [5.74, 6) is -0.994. The fourth-order valence-electron chi connectivity index (χ4n) is 4.84. The van der Waals surface area contributed by atoms with Crippen LogP contribution in [0.1, 0.15) is 41.6 Å². The van der Waals surface area contributed by atoms with Gasteiger partial charge in [0.05, 0.1) is 5.56 Å². The Morgan fingerprint density at radius 3 is 2.53 bits per heavy atom. The number of benzene rings is 2. The third-order valence-corrected chi connectivity index (χ3v) is 6.86. The predicted molar refractivity (Wildman–Crippen MR) is 117 cm³/mol. The molecular formula is C23H26ClN3O3. The number of carboxylic acids is 1. The van der Waals surface area contributed by atoms with E-state index in [1.807, 2.05) is 23.1 Å². The Bertz CT molecular complexity index is 956. The minimum atomic E-state index is -0.994. The van der Waals surface area contributed by atoms with E-state index in [-0.39, 0.29) is 23.1 Å². The van der Waals surface area contributed by atoms with E-state index >= 15 is 0 Å². The minimum Gasteiger partial charge on any atom is -0.478 e. The van der Waals surface area contributed by atoms with Gasteiger partial charge in [-0.25, -0.2) is 9.59 Å². The summed E-state index contributed by atoms with van der Waals surface area (Å²) in [6, 6.07) is 14.6. The molecule has 2 fully saturated rings. The first-order valence-electron chi connectivity index (χ1n) is 10.3. The number of rotatable bonds is 5. The molecule has 2 aromatic carbocycles. The quantitative estimate of drug-likeness (QED) is 0.751. The van der Waals surface area contributed by atoms with Crippen LogP contribution in [0.2, 0.25) is 5.02 Å². The van der Waals surface area contributed by atoms with Crippen LogP contribution in [0.25, 0.3) is 0 Å². The summed E-state index contributed by atoms with van der Waals surface area (Å²) in [5.41, 5.74) is 8.10. The number of amides is 2. The first-order chi connectivity index (χ1) is 14.4. The molecule has 2 aromatic rings. The monoisotopic (exact) mass is 427 g/mol. The zero-order chi connectivity index (χ0) is 21.3. The van der Waals surface area contributed by atoms with Crippen LogP contribution in [0.5, 0.6) is 0 Å². The van der Waals surface area contributed by atoms with Crippen molar-refractivity contribution in [3.63, 3.8) is 0 Å². The van der Waals surface area contributed by atoms with Crippen LogP contribution >= 0.6 is 11.6 Å². The number of carboxylic acid groups (broad SMARTS) is 1. The van der Waals surface area contributed by atoms with E-state index in [1.165, 1.54) is 11.6 Å². The van der Waals surface area contributed by atoms with Crippen molar-refractivity contribution in [2.45, 2.75) is 37.1 Å². The summed E-state index contributed by atoms with van der Waals surface area (Å²) in [6.45, 7) is 1.77. The number of hydrogen-bond donors (Lipinski definition) is 2.